The Balaban J connectivity index is 2.48. The van der Waals surface area contributed by atoms with Gasteiger partial charge in [0.15, 0.2) is 0 Å². The molecule has 0 spiro atoms. The monoisotopic (exact) mass is 217 g/mol. The highest BCUT2D eigenvalue weighted by Crippen LogP contribution is 2.25. The van der Waals surface area contributed by atoms with Crippen molar-refractivity contribution in [3.8, 4) is 16.9 Å². The lowest BCUT2D eigenvalue weighted by Crippen LogP contribution is -1.99. The quantitative estimate of drug-likeness (QED) is 0.848. The molecule has 2 rings (SSSR count). The molecule has 0 saturated heterocycles. The van der Waals surface area contributed by atoms with Gasteiger partial charge >= 0.3 is 0 Å². The number of nitrogens with two attached hydrogens (primary N) is 1. The number of aryl methyl sites for hydroxylation is 1. The molecular weight excluding hydrogens is 202 g/mol. The van der Waals surface area contributed by atoms with Crippen LogP contribution in [0, 0.1) is 0 Å². The maximum absolute atomic E-state index is 5.66. The molecule has 0 aliphatic carbocycles. The molecule has 0 aliphatic heterocycles. The van der Waals surface area contributed by atoms with Gasteiger partial charge in [0.05, 0.1) is 12.8 Å². The lowest BCUT2D eigenvalue weighted by molar-refractivity contribution is 0.415. The van der Waals surface area contributed by atoms with E-state index in [1.165, 1.54) is 0 Å². The number of nitrogens with zero attached hydrogens (tertiary/aromatic N) is 2. The Morgan fingerprint density at radius 2 is 2.25 bits per heavy atom. The molecule has 0 aliphatic rings. The molecule has 0 saturated carbocycles. The van der Waals surface area contributed by atoms with Gasteiger partial charge in [-0.1, -0.05) is 12.1 Å². The number of rotatable bonds is 3. The van der Waals surface area contributed by atoms with Crippen LogP contribution in [0.3, 0.4) is 0 Å². The Labute approximate surface area is 94.6 Å². The van der Waals surface area contributed by atoms with Crippen LogP contribution in [0.2, 0.25) is 0 Å². The first-order chi connectivity index (χ1) is 7.74. The lowest BCUT2D eigenvalue weighted by atomic mass is 10.1. The van der Waals surface area contributed by atoms with E-state index in [1.807, 2.05) is 37.5 Å². The van der Waals surface area contributed by atoms with E-state index in [4.69, 9.17) is 10.5 Å². The smallest absolute Gasteiger partial charge is 0.119 e. The second-order valence-electron chi connectivity index (χ2n) is 3.60. The summed E-state index contributed by atoms with van der Waals surface area (Å²) in [5.41, 5.74) is 8.70. The maximum atomic E-state index is 5.66. The van der Waals surface area contributed by atoms with Gasteiger partial charge in [-0.25, -0.2) is 0 Å². The van der Waals surface area contributed by atoms with E-state index in [-0.39, 0.29) is 0 Å². The van der Waals surface area contributed by atoms with Crippen molar-refractivity contribution in [1.29, 1.82) is 0 Å². The van der Waals surface area contributed by atoms with Crippen LogP contribution >= 0.6 is 0 Å². The van der Waals surface area contributed by atoms with E-state index in [9.17, 15) is 0 Å². The molecule has 0 bridgehead atoms. The standard InChI is InChI=1S/C12H15N3O/c1-15-8-11(12(7-13)14-15)9-4-3-5-10(6-9)16-2/h3-6,8H,7,13H2,1-2H3. The van der Waals surface area contributed by atoms with Gasteiger partial charge in [0.2, 0.25) is 0 Å². The summed E-state index contributed by atoms with van der Waals surface area (Å²) in [6.45, 7) is 0.438. The van der Waals surface area contributed by atoms with Crippen LogP contribution in [0.15, 0.2) is 30.5 Å². The number of benzene rings is 1. The van der Waals surface area contributed by atoms with Crippen molar-refractivity contribution in [2.45, 2.75) is 6.54 Å². The number of hydrogen-bond acceptors (Lipinski definition) is 3. The van der Waals surface area contributed by atoms with Crippen LogP contribution in [0.1, 0.15) is 5.69 Å². The molecule has 4 nitrogen and oxygen atoms in total. The summed E-state index contributed by atoms with van der Waals surface area (Å²) in [5.74, 6) is 0.837. The van der Waals surface area contributed by atoms with Gasteiger partial charge in [0.25, 0.3) is 0 Å². The Morgan fingerprint density at radius 3 is 2.94 bits per heavy atom. The van der Waals surface area contributed by atoms with E-state index in [0.717, 1.165) is 22.6 Å². The van der Waals surface area contributed by atoms with Gasteiger partial charge in [0.1, 0.15) is 5.75 Å². The summed E-state index contributed by atoms with van der Waals surface area (Å²) in [5, 5.41) is 4.31. The molecule has 16 heavy (non-hydrogen) atoms. The van der Waals surface area contributed by atoms with Gasteiger partial charge in [-0.2, -0.15) is 5.10 Å². The SMILES string of the molecule is COc1cccc(-c2cn(C)nc2CN)c1. The van der Waals surface area contributed by atoms with Crippen molar-refractivity contribution in [2.24, 2.45) is 12.8 Å². The summed E-state index contributed by atoms with van der Waals surface area (Å²) in [7, 11) is 3.55. The highest BCUT2D eigenvalue weighted by molar-refractivity contribution is 5.66. The van der Waals surface area contributed by atoms with E-state index in [2.05, 4.69) is 5.10 Å². The highest BCUT2D eigenvalue weighted by Gasteiger charge is 2.08. The third-order valence-corrected chi connectivity index (χ3v) is 2.48. The summed E-state index contributed by atoms with van der Waals surface area (Å²) in [6, 6.07) is 7.89. The van der Waals surface area contributed by atoms with Crippen molar-refractivity contribution in [1.82, 2.24) is 9.78 Å². The molecule has 0 atom stereocenters. The van der Waals surface area contributed by atoms with Crippen LogP contribution in [-0.4, -0.2) is 16.9 Å². The van der Waals surface area contributed by atoms with Crippen LogP contribution in [0.25, 0.3) is 11.1 Å². The van der Waals surface area contributed by atoms with Crippen LogP contribution in [-0.2, 0) is 13.6 Å². The Morgan fingerprint density at radius 1 is 1.44 bits per heavy atom. The fourth-order valence-corrected chi connectivity index (χ4v) is 1.72. The molecular formula is C12H15N3O. The van der Waals surface area contributed by atoms with Crippen LogP contribution in [0.4, 0.5) is 0 Å². The molecule has 1 heterocycles. The zero-order valence-electron chi connectivity index (χ0n) is 9.47. The average molecular weight is 217 g/mol. The Kier molecular flexibility index (Phi) is 2.92. The zero-order valence-corrected chi connectivity index (χ0v) is 9.47. The van der Waals surface area contributed by atoms with E-state index in [0.29, 0.717) is 6.54 Å². The average Bonchev–Trinajstić information content (AvgIpc) is 2.70. The molecule has 0 amide bonds. The molecule has 0 unspecified atom stereocenters. The topological polar surface area (TPSA) is 53.1 Å². The molecule has 2 aromatic rings. The number of aromatic nitrogens is 2. The summed E-state index contributed by atoms with van der Waals surface area (Å²) < 4.78 is 6.97. The van der Waals surface area contributed by atoms with E-state index >= 15 is 0 Å². The van der Waals surface area contributed by atoms with Crippen molar-refractivity contribution in [3.05, 3.63) is 36.2 Å². The molecule has 2 N–H and O–H groups in total. The number of methoxy groups -OCH3 is 1. The van der Waals surface area contributed by atoms with Gasteiger partial charge < -0.3 is 10.5 Å². The molecule has 0 fully saturated rings. The van der Waals surface area contributed by atoms with Crippen molar-refractivity contribution < 1.29 is 4.74 Å². The fourth-order valence-electron chi connectivity index (χ4n) is 1.72. The third-order valence-electron chi connectivity index (χ3n) is 2.48. The van der Waals surface area contributed by atoms with Gasteiger partial charge in [-0.15, -0.1) is 0 Å². The van der Waals surface area contributed by atoms with E-state index < -0.39 is 0 Å². The number of hydrogen-bond donors (Lipinski definition) is 1. The minimum absolute atomic E-state index is 0.438. The lowest BCUT2D eigenvalue weighted by Gasteiger charge is -2.03. The largest absolute Gasteiger partial charge is 0.497 e. The predicted octanol–water partition coefficient (Wildman–Crippen LogP) is 1.55. The second-order valence-corrected chi connectivity index (χ2v) is 3.60. The van der Waals surface area contributed by atoms with Crippen molar-refractivity contribution >= 4 is 0 Å². The third kappa shape index (κ3) is 1.92. The number of ether oxygens (including phenoxy) is 1. The first-order valence-electron chi connectivity index (χ1n) is 5.11. The molecule has 4 heteroatoms. The molecule has 84 valence electrons. The molecule has 0 radical (unpaired) electrons. The Hall–Kier alpha value is -1.81. The van der Waals surface area contributed by atoms with Gasteiger partial charge in [0, 0.05) is 25.4 Å². The van der Waals surface area contributed by atoms with Gasteiger partial charge in [-0.3, -0.25) is 4.68 Å². The second kappa shape index (κ2) is 4.37. The van der Waals surface area contributed by atoms with Gasteiger partial charge in [-0.05, 0) is 17.7 Å². The summed E-state index contributed by atoms with van der Waals surface area (Å²) in [6.07, 6.45) is 1.97. The first-order valence-corrected chi connectivity index (χ1v) is 5.11. The van der Waals surface area contributed by atoms with Crippen molar-refractivity contribution in [2.75, 3.05) is 7.11 Å². The minimum atomic E-state index is 0.438. The predicted molar refractivity (Wildman–Crippen MR) is 63.1 cm³/mol. The summed E-state index contributed by atoms with van der Waals surface area (Å²) >= 11 is 0. The van der Waals surface area contributed by atoms with Crippen molar-refractivity contribution in [3.63, 3.8) is 0 Å². The van der Waals surface area contributed by atoms with E-state index in [1.54, 1.807) is 11.8 Å². The normalized spacial score (nSPS) is 10.4. The summed E-state index contributed by atoms with van der Waals surface area (Å²) in [4.78, 5) is 0. The zero-order chi connectivity index (χ0) is 11.5. The molecule has 1 aromatic carbocycles. The van der Waals surface area contributed by atoms with Crippen LogP contribution < -0.4 is 10.5 Å². The first kappa shape index (κ1) is 10.7. The highest BCUT2D eigenvalue weighted by atomic mass is 16.5. The molecule has 1 aromatic heterocycles. The van der Waals surface area contributed by atoms with Crippen LogP contribution in [0.5, 0.6) is 5.75 Å². The fraction of sp³-hybridized carbons (Fsp3) is 0.250. The Bertz CT molecular complexity index is 491. The maximum Gasteiger partial charge on any atom is 0.119 e. The minimum Gasteiger partial charge on any atom is -0.497 e.